The summed E-state index contributed by atoms with van der Waals surface area (Å²) in [6, 6.07) is 12.6. The van der Waals surface area contributed by atoms with Gasteiger partial charge in [-0.2, -0.15) is 17.5 Å². The van der Waals surface area contributed by atoms with E-state index in [1.807, 2.05) is 35.2 Å². The Balaban J connectivity index is 1.77. The highest BCUT2D eigenvalue weighted by atomic mass is 32.2. The van der Waals surface area contributed by atoms with Gasteiger partial charge < -0.3 is 9.47 Å². The van der Waals surface area contributed by atoms with Crippen LogP contribution in [-0.4, -0.2) is 40.4 Å². The van der Waals surface area contributed by atoms with Crippen LogP contribution in [0.3, 0.4) is 0 Å². The molecule has 182 valence electrons. The molecule has 1 unspecified atom stereocenters. The fourth-order valence-electron chi connectivity index (χ4n) is 4.24. The summed E-state index contributed by atoms with van der Waals surface area (Å²) in [6.07, 6.45) is 4.31. The maximum atomic E-state index is 14.1. The zero-order chi connectivity index (χ0) is 24.5. The van der Waals surface area contributed by atoms with Gasteiger partial charge in [-0.25, -0.2) is 17.8 Å². The fourth-order valence-corrected chi connectivity index (χ4v) is 5.21. The average molecular weight is 497 g/mol. The molecule has 1 atom stereocenters. The van der Waals surface area contributed by atoms with Crippen LogP contribution in [0.25, 0.3) is 0 Å². The minimum Gasteiger partial charge on any atom is -0.361 e. The molecule has 0 fully saturated rings. The molecule has 2 heterocycles. The van der Waals surface area contributed by atoms with Crippen molar-refractivity contribution in [1.82, 2.24) is 13.9 Å². The molecule has 0 N–H and O–H groups in total. The van der Waals surface area contributed by atoms with E-state index >= 15 is 0 Å². The van der Waals surface area contributed by atoms with E-state index in [2.05, 4.69) is 4.98 Å². The summed E-state index contributed by atoms with van der Waals surface area (Å²) < 4.78 is 81.6. The molecule has 1 aliphatic heterocycles. The van der Waals surface area contributed by atoms with Crippen LogP contribution in [0.5, 0.6) is 0 Å². The first-order valence-corrected chi connectivity index (χ1v) is 12.1. The monoisotopic (exact) mass is 496 g/mol. The number of rotatable bonds is 6. The predicted octanol–water partition coefficient (Wildman–Crippen LogP) is 4.23. The summed E-state index contributed by atoms with van der Waals surface area (Å²) in [6.45, 7) is -0.730. The summed E-state index contributed by atoms with van der Waals surface area (Å²) in [5.41, 5.74) is -3.15. The first kappa shape index (κ1) is 24.2. The van der Waals surface area contributed by atoms with Crippen LogP contribution < -0.4 is 4.90 Å². The van der Waals surface area contributed by atoms with Gasteiger partial charge in [0.1, 0.15) is 5.82 Å². The average Bonchev–Trinajstić information content (AvgIpc) is 3.12. The van der Waals surface area contributed by atoms with Gasteiger partial charge in [0.05, 0.1) is 18.6 Å². The van der Waals surface area contributed by atoms with E-state index in [1.165, 1.54) is 12.1 Å². The third-order valence-corrected chi connectivity index (χ3v) is 7.43. The summed E-state index contributed by atoms with van der Waals surface area (Å²) in [7, 11) is -3.82. The van der Waals surface area contributed by atoms with Crippen molar-refractivity contribution in [1.29, 1.82) is 0 Å². The molecule has 4 rings (SSSR count). The highest BCUT2D eigenvalue weighted by molar-refractivity contribution is 7.89. The van der Waals surface area contributed by atoms with Crippen molar-refractivity contribution >= 4 is 15.7 Å². The number of hydrogen-bond donors (Lipinski definition) is 0. The Morgan fingerprint density at radius 2 is 1.85 bits per heavy atom. The molecule has 0 spiro atoms. The van der Waals surface area contributed by atoms with Gasteiger partial charge >= 0.3 is 15.5 Å². The Bertz CT molecular complexity index is 1250. The van der Waals surface area contributed by atoms with Crippen molar-refractivity contribution in [2.45, 2.75) is 37.5 Å². The second-order valence-electron chi connectivity index (χ2n) is 8.35. The van der Waals surface area contributed by atoms with Crippen LogP contribution in [0.2, 0.25) is 0 Å². The van der Waals surface area contributed by atoms with Crippen molar-refractivity contribution in [3.63, 3.8) is 0 Å². The van der Waals surface area contributed by atoms with Crippen molar-refractivity contribution in [2.75, 3.05) is 11.4 Å². The molecule has 0 bridgehead atoms. The third-order valence-electron chi connectivity index (χ3n) is 5.88. The van der Waals surface area contributed by atoms with E-state index in [-0.39, 0.29) is 12.1 Å². The van der Waals surface area contributed by atoms with E-state index < -0.39 is 40.5 Å². The number of halogens is 4. The minimum absolute atomic E-state index is 0.172. The summed E-state index contributed by atoms with van der Waals surface area (Å²) in [5.74, 6) is -0.649. The number of fused-ring (bicyclic) bond motifs is 1. The zero-order valence-electron chi connectivity index (χ0n) is 18.4. The second kappa shape index (κ2) is 9.38. The molecule has 0 amide bonds. The van der Waals surface area contributed by atoms with Crippen molar-refractivity contribution < 1.29 is 26.0 Å². The van der Waals surface area contributed by atoms with Gasteiger partial charge in [0.25, 0.3) is 0 Å². The Morgan fingerprint density at radius 1 is 1.12 bits per heavy atom. The molecule has 11 heteroatoms. The van der Waals surface area contributed by atoms with Gasteiger partial charge in [-0.3, -0.25) is 0 Å². The number of benzene rings is 2. The Hall–Kier alpha value is -2.92. The van der Waals surface area contributed by atoms with Crippen LogP contribution in [0, 0.1) is 5.82 Å². The molecule has 0 saturated heterocycles. The molecule has 0 aliphatic carbocycles. The zero-order valence-corrected chi connectivity index (χ0v) is 19.2. The molecule has 6 nitrogen and oxygen atoms in total. The van der Waals surface area contributed by atoms with Gasteiger partial charge in [0, 0.05) is 38.1 Å². The Labute approximate surface area is 195 Å². The van der Waals surface area contributed by atoms with E-state index in [4.69, 9.17) is 0 Å². The number of aryl methyl sites for hydroxylation is 2. The smallest absolute Gasteiger partial charge is 0.361 e. The molecule has 2 aromatic carbocycles. The molecule has 3 aromatic rings. The fraction of sp³-hybridized carbons (Fsp3) is 0.348. The largest absolute Gasteiger partial charge is 0.511 e. The molecule has 0 radical (unpaired) electrons. The van der Waals surface area contributed by atoms with Gasteiger partial charge in [-0.15, -0.1) is 0 Å². The lowest BCUT2D eigenvalue weighted by molar-refractivity contribution is -0.0492. The van der Waals surface area contributed by atoms with E-state index in [1.54, 1.807) is 24.1 Å². The van der Waals surface area contributed by atoms with Crippen LogP contribution in [-0.2, 0) is 36.6 Å². The van der Waals surface area contributed by atoms with Gasteiger partial charge in [-0.05, 0) is 42.2 Å². The SMILES string of the molecule is Cn1cnc(CN2c3ccc(F)cc3CN(S(=O)(=O)C(F)(F)F)CC2CCc2ccccc2)c1. The lowest BCUT2D eigenvalue weighted by Crippen LogP contribution is -2.47. The van der Waals surface area contributed by atoms with E-state index in [9.17, 15) is 26.0 Å². The highest BCUT2D eigenvalue weighted by Gasteiger charge is 2.51. The lowest BCUT2D eigenvalue weighted by atomic mass is 10.0. The van der Waals surface area contributed by atoms with Crippen molar-refractivity contribution in [2.24, 2.45) is 7.05 Å². The Morgan fingerprint density at radius 3 is 2.50 bits per heavy atom. The van der Waals surface area contributed by atoms with Crippen LogP contribution in [0.15, 0.2) is 61.1 Å². The van der Waals surface area contributed by atoms with Crippen LogP contribution >= 0.6 is 0 Å². The number of nitrogens with zero attached hydrogens (tertiary/aromatic N) is 4. The maximum Gasteiger partial charge on any atom is 0.511 e. The molecular formula is C23H24F4N4O2S. The summed E-state index contributed by atoms with van der Waals surface area (Å²) >= 11 is 0. The number of hydrogen-bond acceptors (Lipinski definition) is 4. The second-order valence-corrected chi connectivity index (χ2v) is 10.3. The molecule has 0 saturated carbocycles. The molecular weight excluding hydrogens is 472 g/mol. The minimum atomic E-state index is -5.62. The summed E-state index contributed by atoms with van der Waals surface area (Å²) in [5, 5.41) is 0. The highest BCUT2D eigenvalue weighted by Crippen LogP contribution is 2.36. The topological polar surface area (TPSA) is 58.4 Å². The van der Waals surface area contributed by atoms with Crippen LogP contribution in [0.1, 0.15) is 23.2 Å². The number of aromatic nitrogens is 2. The number of sulfonamides is 1. The summed E-state index contributed by atoms with van der Waals surface area (Å²) in [4.78, 5) is 6.17. The van der Waals surface area contributed by atoms with Crippen molar-refractivity contribution in [3.8, 4) is 0 Å². The normalized spacial score (nSPS) is 17.4. The van der Waals surface area contributed by atoms with E-state index in [0.717, 1.165) is 11.6 Å². The lowest BCUT2D eigenvalue weighted by Gasteiger charge is -2.34. The predicted molar refractivity (Wildman–Crippen MR) is 120 cm³/mol. The first-order valence-electron chi connectivity index (χ1n) is 10.7. The maximum absolute atomic E-state index is 14.1. The number of anilines is 1. The van der Waals surface area contributed by atoms with E-state index in [0.29, 0.717) is 28.5 Å². The van der Waals surface area contributed by atoms with Gasteiger partial charge in [0.2, 0.25) is 0 Å². The Kier molecular flexibility index (Phi) is 6.68. The van der Waals surface area contributed by atoms with Crippen molar-refractivity contribution in [3.05, 3.63) is 83.7 Å². The number of alkyl halides is 3. The third kappa shape index (κ3) is 5.10. The molecule has 34 heavy (non-hydrogen) atoms. The number of imidazole rings is 1. The first-order chi connectivity index (χ1) is 16.0. The molecule has 1 aromatic heterocycles. The standard InChI is InChI=1S/C23H24F4N4O2S/c1-29-13-20(28-16-29)14-31-21(9-7-17-5-3-2-4-6-17)15-30(34(32,33)23(25,26)27)12-18-11-19(24)8-10-22(18)31/h2-6,8,10-11,13,16,21H,7,9,12,14-15H2,1H3. The van der Waals surface area contributed by atoms with Gasteiger partial charge in [-0.1, -0.05) is 30.3 Å². The quantitative estimate of drug-likeness (QED) is 0.480. The van der Waals surface area contributed by atoms with Gasteiger partial charge in [0.15, 0.2) is 0 Å². The molecule has 1 aliphatic rings. The van der Waals surface area contributed by atoms with Crippen LogP contribution in [0.4, 0.5) is 23.2 Å².